The Morgan fingerprint density at radius 3 is 2.59 bits per heavy atom. The van der Waals surface area contributed by atoms with Crippen molar-refractivity contribution in [2.75, 3.05) is 18.4 Å². The van der Waals surface area contributed by atoms with Gasteiger partial charge in [-0.3, -0.25) is 19.8 Å². The van der Waals surface area contributed by atoms with Gasteiger partial charge in [0.2, 0.25) is 5.88 Å². The number of piperidine rings is 1. The first kappa shape index (κ1) is 24.7. The molecule has 5 aromatic rings. The van der Waals surface area contributed by atoms with Crippen LogP contribution in [0, 0.1) is 5.82 Å². The number of nitrogens with zero attached hydrogens (tertiary/aromatic N) is 4. The Labute approximate surface area is 224 Å². The standard InChI is InChI=1S/C30H27FN6O2/c31-23-5-8-25(9-6-23)39-28-11-7-24(18-33-28)34-30(38)29-26-15-21(4-10-27(26)35-36-29)22-14-20(16-32-17-22)19-37-12-2-1-3-13-37/h4-11,14-18H,1-3,12-13,19H2,(H,34,38)(H,35,36). The third-order valence-corrected chi connectivity index (χ3v) is 6.79. The predicted molar refractivity (Wildman–Crippen MR) is 147 cm³/mol. The molecule has 4 heterocycles. The van der Waals surface area contributed by atoms with Crippen molar-refractivity contribution in [2.24, 2.45) is 0 Å². The second kappa shape index (κ2) is 11.0. The van der Waals surface area contributed by atoms with Crippen LogP contribution >= 0.6 is 0 Å². The fourth-order valence-electron chi connectivity index (χ4n) is 4.80. The Balaban J connectivity index is 1.17. The molecule has 0 saturated carbocycles. The summed E-state index contributed by atoms with van der Waals surface area (Å²) in [7, 11) is 0. The van der Waals surface area contributed by atoms with Crippen molar-refractivity contribution in [2.45, 2.75) is 25.8 Å². The topological polar surface area (TPSA) is 96.0 Å². The number of aromatic nitrogens is 4. The van der Waals surface area contributed by atoms with E-state index in [4.69, 9.17) is 4.74 Å². The summed E-state index contributed by atoms with van der Waals surface area (Å²) in [5, 5.41) is 10.8. The first-order valence-corrected chi connectivity index (χ1v) is 13.0. The number of aromatic amines is 1. The molecule has 1 saturated heterocycles. The van der Waals surface area contributed by atoms with Gasteiger partial charge < -0.3 is 10.1 Å². The molecule has 1 fully saturated rings. The van der Waals surface area contributed by atoms with Crippen LogP contribution in [0.15, 0.2) is 79.3 Å². The maximum atomic E-state index is 13.1. The molecule has 9 heteroatoms. The molecule has 0 bridgehead atoms. The maximum absolute atomic E-state index is 13.1. The van der Waals surface area contributed by atoms with Crippen molar-refractivity contribution in [3.63, 3.8) is 0 Å². The molecule has 1 amide bonds. The van der Waals surface area contributed by atoms with Gasteiger partial charge in [-0.2, -0.15) is 5.10 Å². The lowest BCUT2D eigenvalue weighted by Gasteiger charge is -2.26. The number of carbonyl (C=O) groups excluding carboxylic acids is 1. The second-order valence-electron chi connectivity index (χ2n) is 9.65. The Bertz CT molecular complexity index is 1590. The number of carbonyl (C=O) groups is 1. The summed E-state index contributed by atoms with van der Waals surface area (Å²) in [5.74, 6) is 0.0890. The quantitative estimate of drug-likeness (QED) is 0.265. The highest BCUT2D eigenvalue weighted by molar-refractivity contribution is 6.11. The van der Waals surface area contributed by atoms with Crippen LogP contribution in [-0.4, -0.2) is 44.1 Å². The van der Waals surface area contributed by atoms with Crippen molar-refractivity contribution >= 4 is 22.5 Å². The number of likely N-dealkylation sites (tertiary alicyclic amines) is 1. The van der Waals surface area contributed by atoms with Gasteiger partial charge in [-0.05, 0) is 85.6 Å². The lowest BCUT2D eigenvalue weighted by Crippen LogP contribution is -2.29. The van der Waals surface area contributed by atoms with Crippen molar-refractivity contribution < 1.29 is 13.9 Å². The van der Waals surface area contributed by atoms with E-state index in [2.05, 4.69) is 36.4 Å². The number of amides is 1. The zero-order valence-electron chi connectivity index (χ0n) is 21.2. The van der Waals surface area contributed by atoms with Crippen molar-refractivity contribution in [3.05, 3.63) is 96.3 Å². The van der Waals surface area contributed by atoms with Crippen LogP contribution in [0.3, 0.4) is 0 Å². The van der Waals surface area contributed by atoms with Gasteiger partial charge in [-0.15, -0.1) is 0 Å². The van der Waals surface area contributed by atoms with Crippen LogP contribution in [0.25, 0.3) is 22.0 Å². The van der Waals surface area contributed by atoms with Crippen molar-refractivity contribution in [1.29, 1.82) is 0 Å². The van der Waals surface area contributed by atoms with E-state index >= 15 is 0 Å². The van der Waals surface area contributed by atoms with Gasteiger partial charge in [0.05, 0.1) is 17.4 Å². The average Bonchev–Trinajstić information content (AvgIpc) is 3.40. The Morgan fingerprint density at radius 2 is 1.79 bits per heavy atom. The van der Waals surface area contributed by atoms with E-state index in [1.165, 1.54) is 55.3 Å². The normalized spacial score (nSPS) is 13.9. The summed E-state index contributed by atoms with van der Waals surface area (Å²) in [6.07, 6.45) is 9.08. The molecule has 0 aliphatic carbocycles. The Hall–Kier alpha value is -4.63. The summed E-state index contributed by atoms with van der Waals surface area (Å²) >= 11 is 0. The number of anilines is 1. The first-order chi connectivity index (χ1) is 19.1. The monoisotopic (exact) mass is 522 g/mol. The molecule has 196 valence electrons. The number of benzene rings is 2. The number of ether oxygens (including phenoxy) is 1. The van der Waals surface area contributed by atoms with Crippen molar-refractivity contribution in [3.8, 4) is 22.8 Å². The van der Waals surface area contributed by atoms with E-state index in [1.807, 2.05) is 30.6 Å². The van der Waals surface area contributed by atoms with Gasteiger partial charge >= 0.3 is 0 Å². The van der Waals surface area contributed by atoms with Crippen molar-refractivity contribution in [1.82, 2.24) is 25.1 Å². The SMILES string of the molecule is O=C(Nc1ccc(Oc2ccc(F)cc2)nc1)c1n[nH]c2ccc(-c3cncc(CN4CCCCC4)c3)cc12. The fraction of sp³-hybridized carbons (Fsp3) is 0.200. The second-order valence-corrected chi connectivity index (χ2v) is 9.65. The molecule has 0 spiro atoms. The van der Waals surface area contributed by atoms with E-state index in [1.54, 1.807) is 12.1 Å². The minimum absolute atomic E-state index is 0.288. The highest BCUT2D eigenvalue weighted by Gasteiger charge is 2.16. The molecular weight excluding hydrogens is 495 g/mol. The smallest absolute Gasteiger partial charge is 0.276 e. The Kier molecular flexibility index (Phi) is 6.97. The number of rotatable bonds is 7. The van der Waals surface area contributed by atoms with Gasteiger partial charge in [0, 0.05) is 36.0 Å². The van der Waals surface area contributed by atoms with Crippen LogP contribution < -0.4 is 10.1 Å². The molecule has 8 nitrogen and oxygen atoms in total. The number of H-pyrrole nitrogens is 1. The molecule has 3 aromatic heterocycles. The first-order valence-electron chi connectivity index (χ1n) is 13.0. The summed E-state index contributed by atoms with van der Waals surface area (Å²) in [4.78, 5) is 24.3. The Morgan fingerprint density at radius 1 is 0.949 bits per heavy atom. The lowest BCUT2D eigenvalue weighted by atomic mass is 10.0. The van der Waals surface area contributed by atoms with E-state index in [0.29, 0.717) is 17.3 Å². The third kappa shape index (κ3) is 5.78. The molecule has 2 N–H and O–H groups in total. The van der Waals surface area contributed by atoms with Crippen LogP contribution in [0.2, 0.25) is 0 Å². The number of nitrogens with one attached hydrogen (secondary N) is 2. The average molecular weight is 523 g/mol. The zero-order chi connectivity index (χ0) is 26.6. The minimum atomic E-state index is -0.357. The molecular formula is C30H27FN6O2. The molecule has 0 atom stereocenters. The van der Waals surface area contributed by atoms with Gasteiger partial charge in [-0.1, -0.05) is 12.5 Å². The van der Waals surface area contributed by atoms with Gasteiger partial charge in [0.1, 0.15) is 11.6 Å². The lowest BCUT2D eigenvalue weighted by molar-refractivity contribution is 0.102. The van der Waals surface area contributed by atoms with Gasteiger partial charge in [0.15, 0.2) is 5.69 Å². The minimum Gasteiger partial charge on any atom is -0.439 e. The summed E-state index contributed by atoms with van der Waals surface area (Å²) < 4.78 is 18.7. The van der Waals surface area contributed by atoms with Crippen LogP contribution in [0.1, 0.15) is 35.3 Å². The molecule has 2 aromatic carbocycles. The largest absolute Gasteiger partial charge is 0.439 e. The van der Waals surface area contributed by atoms with Gasteiger partial charge in [0.25, 0.3) is 5.91 Å². The zero-order valence-corrected chi connectivity index (χ0v) is 21.2. The molecule has 1 aliphatic heterocycles. The number of halogens is 1. The van der Waals surface area contributed by atoms with E-state index in [9.17, 15) is 9.18 Å². The highest BCUT2D eigenvalue weighted by atomic mass is 19.1. The predicted octanol–water partition coefficient (Wildman–Crippen LogP) is 6.19. The highest BCUT2D eigenvalue weighted by Crippen LogP contribution is 2.27. The van der Waals surface area contributed by atoms with E-state index in [0.717, 1.165) is 41.7 Å². The van der Waals surface area contributed by atoms with Gasteiger partial charge in [-0.25, -0.2) is 9.37 Å². The number of pyridine rings is 2. The van der Waals surface area contributed by atoms with E-state index < -0.39 is 0 Å². The third-order valence-electron chi connectivity index (χ3n) is 6.79. The summed E-state index contributed by atoms with van der Waals surface area (Å²) in [6.45, 7) is 3.15. The molecule has 0 radical (unpaired) electrons. The summed E-state index contributed by atoms with van der Waals surface area (Å²) in [6, 6.07) is 17.0. The molecule has 1 aliphatic rings. The van der Waals surface area contributed by atoms with E-state index in [-0.39, 0.29) is 17.4 Å². The number of hydrogen-bond donors (Lipinski definition) is 2. The summed E-state index contributed by atoms with van der Waals surface area (Å²) in [5.41, 5.74) is 4.70. The molecule has 0 unspecified atom stereocenters. The maximum Gasteiger partial charge on any atom is 0.276 e. The van der Waals surface area contributed by atoms with Crippen LogP contribution in [0.5, 0.6) is 11.6 Å². The fourth-order valence-corrected chi connectivity index (χ4v) is 4.80. The van der Waals surface area contributed by atoms with Crippen LogP contribution in [0.4, 0.5) is 10.1 Å². The molecule has 6 rings (SSSR count). The molecule has 39 heavy (non-hydrogen) atoms. The number of hydrogen-bond acceptors (Lipinski definition) is 6. The number of fused-ring (bicyclic) bond motifs is 1. The van der Waals surface area contributed by atoms with Crippen LogP contribution in [-0.2, 0) is 6.54 Å².